The molecule has 0 aromatic heterocycles. The number of carbonyl (C=O) groups is 6. The molecule has 1 aliphatic rings. The number of esters is 2. The van der Waals surface area contributed by atoms with Crippen molar-refractivity contribution >= 4 is 45.6 Å². The minimum Gasteiger partial charge on any atom is -0.467 e. The van der Waals surface area contributed by atoms with Gasteiger partial charge in [-0.25, -0.2) is 18.0 Å². The number of nitrogens with zero attached hydrogens (tertiary/aromatic N) is 1. The SMILES string of the molecule is CCOC(=O)/C=C\CC[C@H](NS(=O)(=O)c1ccc(OC(F)(F)F)cc1)C(=O)N[C@@H](CCC(N)=O)C(=O)N1CCC[C@H]1C(=O)N[C@@H](CC(C)C)C(=O)OC. The van der Waals surface area contributed by atoms with E-state index in [0.717, 1.165) is 30.3 Å². The Morgan fingerprint density at radius 2 is 1.68 bits per heavy atom. The smallest absolute Gasteiger partial charge is 0.467 e. The van der Waals surface area contributed by atoms with E-state index in [1.54, 1.807) is 6.92 Å². The lowest BCUT2D eigenvalue weighted by Crippen LogP contribution is -2.57. The molecule has 0 aliphatic carbocycles. The summed E-state index contributed by atoms with van der Waals surface area (Å²) in [5.74, 6) is -5.34. The minimum absolute atomic E-state index is 0.00268. The first-order chi connectivity index (χ1) is 24.8. The van der Waals surface area contributed by atoms with Crippen LogP contribution in [-0.4, -0.2) is 99.7 Å². The van der Waals surface area contributed by atoms with Gasteiger partial charge in [-0.05, 0) is 75.6 Å². The molecule has 1 saturated heterocycles. The van der Waals surface area contributed by atoms with Crippen LogP contribution in [-0.2, 0) is 48.3 Å². The van der Waals surface area contributed by atoms with E-state index in [2.05, 4.69) is 20.1 Å². The molecule has 0 spiro atoms. The van der Waals surface area contributed by atoms with Crippen molar-refractivity contribution in [1.29, 1.82) is 0 Å². The number of ether oxygens (including phenoxy) is 3. The quantitative estimate of drug-likeness (QED) is 0.110. The fraction of sp³-hybridized carbons (Fsp3) is 0.576. The first kappa shape index (κ1) is 44.4. The molecule has 296 valence electrons. The summed E-state index contributed by atoms with van der Waals surface area (Å²) in [5.41, 5.74) is 5.32. The van der Waals surface area contributed by atoms with Gasteiger partial charge in [0.1, 0.15) is 29.9 Å². The Morgan fingerprint density at radius 1 is 1.02 bits per heavy atom. The highest BCUT2D eigenvalue weighted by molar-refractivity contribution is 7.89. The molecule has 1 heterocycles. The number of hydrogen-bond donors (Lipinski definition) is 4. The summed E-state index contributed by atoms with van der Waals surface area (Å²) < 4.78 is 80.0. The second-order valence-electron chi connectivity index (χ2n) is 12.4. The number of hydrogen-bond acceptors (Lipinski definition) is 11. The third-order valence-electron chi connectivity index (χ3n) is 7.79. The molecule has 0 unspecified atom stereocenters. The Bertz CT molecular complexity index is 1590. The summed E-state index contributed by atoms with van der Waals surface area (Å²) in [5, 5.41) is 5.08. The largest absolute Gasteiger partial charge is 0.573 e. The molecule has 0 bridgehead atoms. The molecule has 5 N–H and O–H groups in total. The molecule has 16 nitrogen and oxygen atoms in total. The fourth-order valence-corrected chi connectivity index (χ4v) is 6.60. The highest BCUT2D eigenvalue weighted by Gasteiger charge is 2.40. The second kappa shape index (κ2) is 20.5. The number of methoxy groups -OCH3 is 1. The summed E-state index contributed by atoms with van der Waals surface area (Å²) in [4.78, 5) is 77.5. The van der Waals surface area contributed by atoms with E-state index >= 15 is 0 Å². The molecule has 1 aromatic rings. The van der Waals surface area contributed by atoms with Crippen molar-refractivity contribution in [2.75, 3.05) is 20.3 Å². The van der Waals surface area contributed by atoms with Gasteiger partial charge in [-0.15, -0.1) is 13.2 Å². The van der Waals surface area contributed by atoms with Crippen molar-refractivity contribution in [2.45, 2.75) is 101 Å². The maximum absolute atomic E-state index is 13.9. The third-order valence-corrected chi connectivity index (χ3v) is 9.27. The minimum atomic E-state index is -5.03. The zero-order chi connectivity index (χ0) is 39.9. The number of nitrogens with two attached hydrogens (primary N) is 1. The highest BCUT2D eigenvalue weighted by Crippen LogP contribution is 2.25. The van der Waals surface area contributed by atoms with Gasteiger partial charge < -0.3 is 35.5 Å². The number of amides is 4. The Morgan fingerprint density at radius 3 is 2.25 bits per heavy atom. The first-order valence-corrected chi connectivity index (χ1v) is 18.2. The lowest BCUT2D eigenvalue weighted by Gasteiger charge is -2.30. The molecule has 2 rings (SSSR count). The highest BCUT2D eigenvalue weighted by atomic mass is 32.2. The number of benzene rings is 1. The number of nitrogens with one attached hydrogen (secondary N) is 3. The van der Waals surface area contributed by atoms with Crippen LogP contribution in [0, 0.1) is 5.92 Å². The van der Waals surface area contributed by atoms with Crippen LogP contribution in [0.4, 0.5) is 13.2 Å². The van der Waals surface area contributed by atoms with Crippen LogP contribution >= 0.6 is 0 Å². The molecule has 1 aromatic carbocycles. The number of allylic oxidation sites excluding steroid dienone is 1. The van der Waals surface area contributed by atoms with Crippen molar-refractivity contribution in [3.63, 3.8) is 0 Å². The second-order valence-corrected chi connectivity index (χ2v) is 14.1. The Kier molecular flexibility index (Phi) is 17.2. The Hall–Kier alpha value is -4.72. The molecular formula is C33H46F3N5O11S. The zero-order valence-electron chi connectivity index (χ0n) is 29.8. The summed E-state index contributed by atoms with van der Waals surface area (Å²) in [6.07, 6.45) is -2.85. The number of likely N-dealkylation sites (tertiary alicyclic amines) is 1. The number of primary amides is 1. The van der Waals surface area contributed by atoms with Crippen LogP contribution < -0.4 is 25.8 Å². The van der Waals surface area contributed by atoms with Gasteiger partial charge >= 0.3 is 18.3 Å². The van der Waals surface area contributed by atoms with Gasteiger partial charge in [0.25, 0.3) is 0 Å². The Labute approximate surface area is 305 Å². The lowest BCUT2D eigenvalue weighted by atomic mass is 10.0. The van der Waals surface area contributed by atoms with Gasteiger partial charge in [-0.2, -0.15) is 4.72 Å². The molecule has 4 atom stereocenters. The summed E-state index contributed by atoms with van der Waals surface area (Å²) >= 11 is 0. The summed E-state index contributed by atoms with van der Waals surface area (Å²) in [7, 11) is -3.42. The predicted molar refractivity (Wildman–Crippen MR) is 181 cm³/mol. The third kappa shape index (κ3) is 15.0. The van der Waals surface area contributed by atoms with Gasteiger partial charge in [0.2, 0.25) is 33.7 Å². The van der Waals surface area contributed by atoms with Crippen LogP contribution in [0.3, 0.4) is 0 Å². The monoisotopic (exact) mass is 777 g/mol. The molecule has 1 fully saturated rings. The fourth-order valence-electron chi connectivity index (χ4n) is 5.37. The van der Waals surface area contributed by atoms with E-state index in [1.165, 1.54) is 18.1 Å². The van der Waals surface area contributed by atoms with Gasteiger partial charge in [-0.3, -0.25) is 19.2 Å². The lowest BCUT2D eigenvalue weighted by molar-refractivity contribution is -0.274. The maximum atomic E-state index is 13.9. The molecular weight excluding hydrogens is 731 g/mol. The van der Waals surface area contributed by atoms with Gasteiger partial charge in [0, 0.05) is 19.0 Å². The van der Waals surface area contributed by atoms with Crippen molar-refractivity contribution in [3.05, 3.63) is 36.4 Å². The standard InChI is InChI=1S/C33H46F3N5O11S/c1-5-51-28(43)11-7-6-9-23(40-53(48,49)22-14-12-21(13-15-22)52-33(34,35)36)29(44)38-24(16-17-27(37)42)31(46)41-18-8-10-26(41)30(45)39-25(19-20(2)3)32(47)50-4/h7,11-15,20,23-26,40H,5-6,8-10,16-19H2,1-4H3,(H2,37,42)(H,38,44)(H,39,45)/b11-7-/t23-,24-,25-,26-/m0/s1. The van der Waals surface area contributed by atoms with Crippen LogP contribution in [0.1, 0.15) is 65.7 Å². The molecule has 1 aliphatic heterocycles. The molecule has 53 heavy (non-hydrogen) atoms. The summed E-state index contributed by atoms with van der Waals surface area (Å²) in [6.45, 7) is 5.43. The topological polar surface area (TPSA) is 230 Å². The van der Waals surface area contributed by atoms with Crippen LogP contribution in [0.25, 0.3) is 0 Å². The average molecular weight is 778 g/mol. The van der Waals surface area contributed by atoms with Gasteiger partial charge in [0.05, 0.1) is 18.6 Å². The van der Waals surface area contributed by atoms with Crippen molar-refractivity contribution in [2.24, 2.45) is 11.7 Å². The molecule has 0 saturated carbocycles. The van der Waals surface area contributed by atoms with E-state index in [4.69, 9.17) is 15.2 Å². The van der Waals surface area contributed by atoms with E-state index in [9.17, 15) is 50.4 Å². The number of sulfonamides is 1. The summed E-state index contributed by atoms with van der Waals surface area (Å²) in [6, 6.07) is -1.98. The normalized spacial score (nSPS) is 16.5. The first-order valence-electron chi connectivity index (χ1n) is 16.8. The van der Waals surface area contributed by atoms with Crippen LogP contribution in [0.15, 0.2) is 41.3 Å². The number of carbonyl (C=O) groups excluding carboxylic acids is 6. The van der Waals surface area contributed by atoms with E-state index in [1.807, 2.05) is 13.8 Å². The van der Waals surface area contributed by atoms with E-state index < -0.39 is 86.8 Å². The van der Waals surface area contributed by atoms with Crippen molar-refractivity contribution in [3.8, 4) is 5.75 Å². The molecule has 20 heteroatoms. The molecule has 0 radical (unpaired) electrons. The zero-order valence-corrected chi connectivity index (χ0v) is 30.6. The number of halogens is 3. The average Bonchev–Trinajstić information content (AvgIpc) is 3.56. The van der Waals surface area contributed by atoms with Gasteiger partial charge in [0.15, 0.2) is 0 Å². The number of rotatable bonds is 20. The van der Waals surface area contributed by atoms with Crippen LogP contribution in [0.5, 0.6) is 5.75 Å². The van der Waals surface area contributed by atoms with Crippen LogP contribution in [0.2, 0.25) is 0 Å². The molecule has 4 amide bonds. The van der Waals surface area contributed by atoms with Gasteiger partial charge in [-0.1, -0.05) is 19.9 Å². The predicted octanol–water partition coefficient (Wildman–Crippen LogP) is 1.58. The Balaban J connectivity index is 2.37. The van der Waals surface area contributed by atoms with Crippen molar-refractivity contribution in [1.82, 2.24) is 20.3 Å². The number of alkyl halides is 3. The van der Waals surface area contributed by atoms with E-state index in [-0.39, 0.29) is 57.6 Å². The van der Waals surface area contributed by atoms with E-state index in [0.29, 0.717) is 6.42 Å². The maximum Gasteiger partial charge on any atom is 0.573 e. The van der Waals surface area contributed by atoms with Crippen molar-refractivity contribution < 1.29 is 64.6 Å².